The van der Waals surface area contributed by atoms with E-state index in [0.717, 1.165) is 9.88 Å². The number of sulfonamides is 1. The Labute approximate surface area is 166 Å². The topological polar surface area (TPSA) is 59.1 Å². The summed E-state index contributed by atoms with van der Waals surface area (Å²) in [6, 6.07) is 8.20. The van der Waals surface area contributed by atoms with Crippen LogP contribution in [0.4, 0.5) is 5.69 Å². The van der Waals surface area contributed by atoms with Crippen molar-refractivity contribution in [3.63, 3.8) is 0 Å². The summed E-state index contributed by atoms with van der Waals surface area (Å²) in [5, 5.41) is 1.79. The van der Waals surface area contributed by atoms with Gasteiger partial charge in [-0.1, -0.05) is 23.2 Å². The molecule has 136 valence electrons. The van der Waals surface area contributed by atoms with Crippen LogP contribution in [-0.4, -0.2) is 13.4 Å². The first-order chi connectivity index (χ1) is 12.2. The van der Waals surface area contributed by atoms with E-state index >= 15 is 0 Å². The summed E-state index contributed by atoms with van der Waals surface area (Å²) in [5.74, 6) is 0. The van der Waals surface area contributed by atoms with Crippen molar-refractivity contribution in [2.75, 3.05) is 4.72 Å². The van der Waals surface area contributed by atoms with Gasteiger partial charge < -0.3 is 0 Å². The molecule has 0 aliphatic heterocycles. The fourth-order valence-corrected chi connectivity index (χ4v) is 5.12. The van der Waals surface area contributed by atoms with Crippen molar-refractivity contribution in [1.82, 2.24) is 4.98 Å². The van der Waals surface area contributed by atoms with Crippen molar-refractivity contribution < 1.29 is 8.42 Å². The molecule has 0 fully saturated rings. The second kappa shape index (κ2) is 7.19. The van der Waals surface area contributed by atoms with Gasteiger partial charge >= 0.3 is 0 Å². The van der Waals surface area contributed by atoms with Gasteiger partial charge in [0, 0.05) is 27.3 Å². The molecule has 0 amide bonds. The Morgan fingerprint density at radius 2 is 1.73 bits per heavy atom. The quantitative estimate of drug-likeness (QED) is 0.569. The Hall–Kier alpha value is -1.60. The Morgan fingerprint density at radius 3 is 2.38 bits per heavy atom. The van der Waals surface area contributed by atoms with E-state index < -0.39 is 10.0 Å². The highest BCUT2D eigenvalue weighted by Gasteiger charge is 2.19. The lowest BCUT2D eigenvalue weighted by atomic mass is 10.2. The van der Waals surface area contributed by atoms with Crippen LogP contribution in [0.5, 0.6) is 0 Å². The van der Waals surface area contributed by atoms with E-state index in [1.165, 1.54) is 11.3 Å². The number of halogens is 2. The predicted molar refractivity (Wildman–Crippen MR) is 109 cm³/mol. The summed E-state index contributed by atoms with van der Waals surface area (Å²) in [7, 11) is -3.76. The monoisotopic (exact) mass is 426 g/mol. The molecule has 1 heterocycles. The van der Waals surface area contributed by atoms with Crippen molar-refractivity contribution in [2.45, 2.75) is 25.7 Å². The number of nitrogens with zero attached hydrogens (tertiary/aromatic N) is 1. The highest BCUT2D eigenvalue weighted by Crippen LogP contribution is 2.34. The molecule has 0 saturated heterocycles. The van der Waals surface area contributed by atoms with Crippen LogP contribution < -0.4 is 4.72 Å². The van der Waals surface area contributed by atoms with Crippen molar-refractivity contribution in [3.8, 4) is 10.6 Å². The first-order valence-electron chi connectivity index (χ1n) is 7.69. The summed E-state index contributed by atoms with van der Waals surface area (Å²) in [5.41, 5.74) is 2.39. The van der Waals surface area contributed by atoms with Gasteiger partial charge in [0.05, 0.1) is 9.92 Å². The van der Waals surface area contributed by atoms with Crippen LogP contribution in [-0.2, 0) is 10.0 Å². The Kier molecular flexibility index (Phi) is 5.30. The second-order valence-electron chi connectivity index (χ2n) is 5.94. The molecule has 8 heteroatoms. The molecule has 0 bridgehead atoms. The van der Waals surface area contributed by atoms with Crippen LogP contribution >= 0.6 is 34.5 Å². The van der Waals surface area contributed by atoms with E-state index in [1.54, 1.807) is 50.4 Å². The molecule has 0 aliphatic rings. The minimum atomic E-state index is -3.76. The van der Waals surface area contributed by atoms with Gasteiger partial charge in [0.2, 0.25) is 0 Å². The van der Waals surface area contributed by atoms with E-state index in [1.807, 2.05) is 6.92 Å². The number of rotatable bonds is 4. The van der Waals surface area contributed by atoms with E-state index in [4.69, 9.17) is 23.2 Å². The second-order valence-corrected chi connectivity index (χ2v) is 9.64. The van der Waals surface area contributed by atoms with E-state index in [0.29, 0.717) is 32.4 Å². The van der Waals surface area contributed by atoms with Gasteiger partial charge in [-0.3, -0.25) is 4.72 Å². The molecule has 0 saturated carbocycles. The number of nitrogens with one attached hydrogen (secondary N) is 1. The smallest absolute Gasteiger partial charge is 0.262 e. The van der Waals surface area contributed by atoms with Gasteiger partial charge in [0.25, 0.3) is 10.0 Å². The van der Waals surface area contributed by atoms with E-state index in [9.17, 15) is 8.42 Å². The molecule has 0 spiro atoms. The highest BCUT2D eigenvalue weighted by molar-refractivity contribution is 7.92. The molecule has 26 heavy (non-hydrogen) atoms. The molecular formula is C18H16Cl2N2O2S2. The SMILES string of the molecule is Cc1cnc(-c2cc(NS(=O)(=O)c3cc(C)c(Cl)cc3C)ccc2Cl)s1. The minimum absolute atomic E-state index is 0.195. The molecule has 1 aromatic heterocycles. The summed E-state index contributed by atoms with van der Waals surface area (Å²) < 4.78 is 28.3. The van der Waals surface area contributed by atoms with Crippen LogP contribution in [0, 0.1) is 20.8 Å². The van der Waals surface area contributed by atoms with Gasteiger partial charge in [0.15, 0.2) is 0 Å². The molecule has 4 nitrogen and oxygen atoms in total. The van der Waals surface area contributed by atoms with Gasteiger partial charge in [0.1, 0.15) is 5.01 Å². The van der Waals surface area contributed by atoms with Crippen molar-refractivity contribution in [2.24, 2.45) is 0 Å². The molecule has 0 radical (unpaired) electrons. The Balaban J connectivity index is 2.00. The molecular weight excluding hydrogens is 411 g/mol. The van der Waals surface area contributed by atoms with E-state index in [-0.39, 0.29) is 4.90 Å². The first-order valence-corrected chi connectivity index (χ1v) is 10.7. The number of hydrogen-bond donors (Lipinski definition) is 1. The van der Waals surface area contributed by atoms with Gasteiger partial charge in [-0.05, 0) is 62.2 Å². The zero-order valence-corrected chi connectivity index (χ0v) is 17.4. The van der Waals surface area contributed by atoms with Crippen LogP contribution in [0.3, 0.4) is 0 Å². The lowest BCUT2D eigenvalue weighted by Gasteiger charge is -2.13. The number of aryl methyl sites for hydroxylation is 3. The molecule has 3 aromatic rings. The Morgan fingerprint density at radius 1 is 1.00 bits per heavy atom. The van der Waals surface area contributed by atoms with Gasteiger partial charge in [-0.2, -0.15) is 0 Å². The summed E-state index contributed by atoms with van der Waals surface area (Å²) in [4.78, 5) is 5.57. The number of benzene rings is 2. The third-order valence-electron chi connectivity index (χ3n) is 3.82. The predicted octanol–water partition coefficient (Wildman–Crippen LogP) is 5.84. The molecule has 3 rings (SSSR count). The maximum atomic E-state index is 12.8. The standard InChI is InChI=1S/C18H16Cl2N2O2S2/c1-10-7-17(11(2)6-16(10)20)26(23,24)22-13-4-5-15(19)14(8-13)18-21-9-12(3)25-18/h4-9,22H,1-3H3. The van der Waals surface area contributed by atoms with Crippen molar-refractivity contribution in [3.05, 3.63) is 62.6 Å². The maximum Gasteiger partial charge on any atom is 0.262 e. The zero-order chi connectivity index (χ0) is 19.1. The summed E-state index contributed by atoms with van der Waals surface area (Å²) in [6.45, 7) is 5.44. The lowest BCUT2D eigenvalue weighted by molar-refractivity contribution is 0.600. The third kappa shape index (κ3) is 3.88. The number of hydrogen-bond acceptors (Lipinski definition) is 4. The summed E-state index contributed by atoms with van der Waals surface area (Å²) in [6.07, 6.45) is 1.76. The first kappa shape index (κ1) is 19.2. The molecule has 1 N–H and O–H groups in total. The molecule has 0 aliphatic carbocycles. The fraction of sp³-hybridized carbons (Fsp3) is 0.167. The largest absolute Gasteiger partial charge is 0.280 e. The van der Waals surface area contributed by atoms with Gasteiger partial charge in [-0.25, -0.2) is 13.4 Å². The van der Waals surface area contributed by atoms with Crippen LogP contribution in [0.1, 0.15) is 16.0 Å². The zero-order valence-electron chi connectivity index (χ0n) is 14.3. The third-order valence-corrected chi connectivity index (χ3v) is 7.02. The average molecular weight is 427 g/mol. The van der Waals surface area contributed by atoms with E-state index in [2.05, 4.69) is 9.71 Å². The van der Waals surface area contributed by atoms with Crippen molar-refractivity contribution >= 4 is 50.2 Å². The molecule has 0 atom stereocenters. The van der Waals surface area contributed by atoms with Gasteiger partial charge in [-0.15, -0.1) is 11.3 Å². The fourth-order valence-electron chi connectivity index (χ4n) is 2.49. The van der Waals surface area contributed by atoms with Crippen molar-refractivity contribution in [1.29, 1.82) is 0 Å². The average Bonchev–Trinajstić information content (AvgIpc) is 2.98. The summed E-state index contributed by atoms with van der Waals surface area (Å²) >= 11 is 13.8. The number of aromatic nitrogens is 1. The number of anilines is 1. The Bertz CT molecular complexity index is 1090. The maximum absolute atomic E-state index is 12.8. The molecule has 2 aromatic carbocycles. The lowest BCUT2D eigenvalue weighted by Crippen LogP contribution is -2.14. The normalized spacial score (nSPS) is 11.6. The van der Waals surface area contributed by atoms with Crippen LogP contribution in [0.25, 0.3) is 10.6 Å². The highest BCUT2D eigenvalue weighted by atomic mass is 35.5. The molecule has 0 unspecified atom stereocenters. The minimum Gasteiger partial charge on any atom is -0.280 e. The van der Waals surface area contributed by atoms with Crippen LogP contribution in [0.15, 0.2) is 41.4 Å². The number of thiazole rings is 1. The van der Waals surface area contributed by atoms with Crippen LogP contribution in [0.2, 0.25) is 10.0 Å².